The van der Waals surface area contributed by atoms with Crippen molar-refractivity contribution in [1.29, 1.82) is 0 Å². The molecule has 1 aromatic rings. The van der Waals surface area contributed by atoms with Crippen LogP contribution in [0, 0.1) is 0 Å². The Labute approximate surface area is 115 Å². The normalized spacial score (nSPS) is 10.7. The van der Waals surface area contributed by atoms with Gasteiger partial charge in [-0.05, 0) is 6.07 Å². The molecule has 0 amide bonds. The van der Waals surface area contributed by atoms with Gasteiger partial charge in [-0.3, -0.25) is 0 Å². The van der Waals surface area contributed by atoms with E-state index < -0.39 is 11.8 Å². The maximum atomic E-state index is 12.0. The van der Waals surface area contributed by atoms with Gasteiger partial charge in [-0.1, -0.05) is 10.8 Å². The van der Waals surface area contributed by atoms with E-state index in [1.54, 1.807) is 0 Å². The predicted molar refractivity (Wildman–Crippen MR) is 39.6 cm³/mol. The fraction of sp³-hybridized carbons (Fsp3) is 0.200. The molecule has 0 fully saturated rings. The van der Waals surface area contributed by atoms with Crippen LogP contribution in [0.2, 0.25) is 0 Å². The summed E-state index contributed by atoms with van der Waals surface area (Å²) in [6, 6.07) is 2.35. The molecule has 0 aromatic carbocycles. The number of methoxy groups -OCH3 is 1. The van der Waals surface area contributed by atoms with Crippen LogP contribution >= 0.6 is 11.3 Å². The third kappa shape index (κ3) is 3.39. The molecule has 0 radical (unpaired) electrons. The first-order valence-corrected chi connectivity index (χ1v) is 3.69. The molecule has 0 aliphatic heterocycles. The third-order valence-corrected chi connectivity index (χ3v) is 2.27. The minimum absolute atomic E-state index is 0. The minimum Gasteiger partial charge on any atom is -0.487 e. The predicted octanol–water partition coefficient (Wildman–Crippen LogP) is -1.18. The fourth-order valence-corrected chi connectivity index (χ4v) is 1.34. The second-order valence-corrected chi connectivity index (χ2v) is 3.01. The second kappa shape index (κ2) is 5.02. The van der Waals surface area contributed by atoms with Crippen LogP contribution in [0.5, 0.6) is 5.06 Å². The van der Waals surface area contributed by atoms with Crippen molar-refractivity contribution >= 4 is 23.1 Å². The summed E-state index contributed by atoms with van der Waals surface area (Å²) in [7, 11) is 1.35. The Bertz CT molecular complexity index is 249. The van der Waals surface area contributed by atoms with E-state index >= 15 is 0 Å². The van der Waals surface area contributed by atoms with Crippen LogP contribution in [-0.2, 0) is 0 Å². The zero-order chi connectivity index (χ0) is 8.48. The zero-order valence-corrected chi connectivity index (χ0v) is 10.6. The van der Waals surface area contributed by atoms with Gasteiger partial charge in [0.15, 0.2) is 5.06 Å². The molecular weight excluding hydrogens is 215 g/mol. The Morgan fingerprint density at radius 2 is 1.92 bits per heavy atom. The molecule has 0 spiro atoms. The summed E-state index contributed by atoms with van der Waals surface area (Å²) >= 11 is 0.620. The van der Waals surface area contributed by atoms with Crippen molar-refractivity contribution < 1.29 is 69.1 Å². The van der Waals surface area contributed by atoms with Crippen LogP contribution in [0.1, 0.15) is 0 Å². The molecule has 12 heavy (non-hydrogen) atoms. The molecule has 0 unspecified atom stereocenters. The van der Waals surface area contributed by atoms with Gasteiger partial charge in [0, 0.05) is 0 Å². The number of hydrogen-bond donors (Lipinski definition) is 0. The number of hydrogen-bond acceptors (Lipinski definition) is 2. The van der Waals surface area contributed by atoms with Crippen molar-refractivity contribution in [3.63, 3.8) is 0 Å². The van der Waals surface area contributed by atoms with E-state index in [0.29, 0.717) is 16.4 Å². The van der Waals surface area contributed by atoms with Gasteiger partial charge in [0.2, 0.25) is 0 Å². The average Bonchev–Trinajstić information content (AvgIpc) is 2.32. The smallest absolute Gasteiger partial charge is 0.487 e. The Hall–Kier alpha value is 0.991. The minimum atomic E-state index is -4.85. The first kappa shape index (κ1) is 13.0. The van der Waals surface area contributed by atoms with E-state index in [2.05, 4.69) is 4.74 Å². The molecule has 7 heteroatoms. The van der Waals surface area contributed by atoms with Gasteiger partial charge in [-0.15, -0.1) is 11.3 Å². The van der Waals surface area contributed by atoms with Gasteiger partial charge in [-0.2, -0.15) is 0 Å². The fourth-order valence-electron chi connectivity index (χ4n) is 0.620. The van der Waals surface area contributed by atoms with Crippen molar-refractivity contribution in [2.75, 3.05) is 7.11 Å². The summed E-state index contributed by atoms with van der Waals surface area (Å²) in [5, 5.41) is 0.291. The monoisotopic (exact) mass is 220 g/mol. The van der Waals surface area contributed by atoms with E-state index in [4.69, 9.17) is 0 Å². The van der Waals surface area contributed by atoms with Gasteiger partial charge in [0.1, 0.15) is 0 Å². The van der Waals surface area contributed by atoms with Crippen LogP contribution in [-0.4, -0.2) is 14.1 Å². The van der Waals surface area contributed by atoms with E-state index in [0.717, 1.165) is 6.07 Å². The Kier molecular flexibility index (Phi) is 5.43. The standard InChI is InChI=1S/C5H5BF3OS.K/c1-10-5-3-2-4(11-5)6(7,8)9;/h2-3H,1H3;/q-1;+1. The van der Waals surface area contributed by atoms with Crippen LogP contribution in [0.25, 0.3) is 0 Å². The molecular formula is C5H5BF3KOS. The van der Waals surface area contributed by atoms with Gasteiger partial charge >= 0.3 is 58.4 Å². The summed E-state index contributed by atoms with van der Waals surface area (Å²) in [6.07, 6.45) is 0. The summed E-state index contributed by atoms with van der Waals surface area (Å²) in [4.78, 5) is 0. The quantitative estimate of drug-likeness (QED) is 0.570. The molecule has 0 aliphatic rings. The molecule has 0 N–H and O–H groups in total. The SMILES string of the molecule is COc1ccc([B-](F)(F)F)s1.[K+]. The largest absolute Gasteiger partial charge is 1.00 e. The van der Waals surface area contributed by atoms with Gasteiger partial charge in [-0.25, -0.2) is 0 Å². The summed E-state index contributed by atoms with van der Waals surface area (Å²) < 4.78 is 39.9. The summed E-state index contributed by atoms with van der Waals surface area (Å²) in [5.41, 5.74) is 0. The van der Waals surface area contributed by atoms with Crippen molar-refractivity contribution in [1.82, 2.24) is 0 Å². The molecule has 1 nitrogen and oxygen atoms in total. The molecule has 1 heterocycles. The Morgan fingerprint density at radius 1 is 1.33 bits per heavy atom. The molecule has 1 rings (SSSR count). The summed E-state index contributed by atoms with van der Waals surface area (Å²) in [5.74, 6) is 0. The van der Waals surface area contributed by atoms with E-state index in [1.807, 2.05) is 0 Å². The zero-order valence-electron chi connectivity index (χ0n) is 6.68. The molecule has 0 bridgehead atoms. The third-order valence-electron chi connectivity index (χ3n) is 1.13. The van der Waals surface area contributed by atoms with E-state index in [9.17, 15) is 12.9 Å². The van der Waals surface area contributed by atoms with Crippen LogP contribution in [0.3, 0.4) is 0 Å². The Morgan fingerprint density at radius 3 is 2.17 bits per heavy atom. The van der Waals surface area contributed by atoms with Crippen LogP contribution in [0.4, 0.5) is 12.9 Å². The van der Waals surface area contributed by atoms with Crippen LogP contribution < -0.4 is 60.9 Å². The molecule has 0 saturated carbocycles. The first-order valence-electron chi connectivity index (χ1n) is 2.87. The second-order valence-electron chi connectivity index (χ2n) is 1.94. The van der Waals surface area contributed by atoms with Gasteiger partial charge < -0.3 is 17.7 Å². The van der Waals surface area contributed by atoms with E-state index in [1.165, 1.54) is 13.2 Å². The molecule has 62 valence electrons. The number of ether oxygens (including phenoxy) is 1. The average molecular weight is 220 g/mol. The molecule has 0 atom stereocenters. The summed E-state index contributed by atoms with van der Waals surface area (Å²) in [6.45, 7) is -4.85. The van der Waals surface area contributed by atoms with Crippen molar-refractivity contribution in [3.8, 4) is 5.06 Å². The van der Waals surface area contributed by atoms with Crippen molar-refractivity contribution in [3.05, 3.63) is 12.1 Å². The number of thiophene rings is 1. The number of halogens is 3. The molecule has 0 aliphatic carbocycles. The van der Waals surface area contributed by atoms with Crippen molar-refractivity contribution in [2.45, 2.75) is 0 Å². The van der Waals surface area contributed by atoms with Gasteiger partial charge in [0.05, 0.1) is 7.11 Å². The number of rotatable bonds is 2. The topological polar surface area (TPSA) is 9.23 Å². The molecule has 1 aromatic heterocycles. The maximum Gasteiger partial charge on any atom is 1.00 e. The molecule has 0 saturated heterocycles. The maximum absolute atomic E-state index is 12.0. The van der Waals surface area contributed by atoms with Gasteiger partial charge in [0.25, 0.3) is 0 Å². The van der Waals surface area contributed by atoms with E-state index in [-0.39, 0.29) is 51.4 Å². The van der Waals surface area contributed by atoms with Crippen LogP contribution in [0.15, 0.2) is 12.1 Å². The van der Waals surface area contributed by atoms with Crippen molar-refractivity contribution in [2.24, 2.45) is 0 Å². The Balaban J connectivity index is 0.00000121. The first-order chi connectivity index (χ1) is 5.04.